The minimum Gasteiger partial charge on any atom is -0.496 e. The van der Waals surface area contributed by atoms with Gasteiger partial charge in [-0.25, -0.2) is 4.79 Å². The fourth-order valence-electron chi connectivity index (χ4n) is 2.46. The smallest absolute Gasteiger partial charge is 0.335 e. The Morgan fingerprint density at radius 2 is 1.96 bits per heavy atom. The first-order valence-electron chi connectivity index (χ1n) is 7.94. The molecule has 0 aliphatic rings. The minimum atomic E-state index is -1.03. The lowest BCUT2D eigenvalue weighted by molar-refractivity contribution is 0.0696. The molecule has 3 aromatic rings. The van der Waals surface area contributed by atoms with Crippen molar-refractivity contribution in [1.82, 2.24) is 0 Å². The number of methoxy groups -OCH3 is 1. The zero-order valence-electron chi connectivity index (χ0n) is 14.6. The molecule has 0 unspecified atom stereocenters. The second-order valence-electron chi connectivity index (χ2n) is 5.52. The van der Waals surface area contributed by atoms with Gasteiger partial charge in [0.15, 0.2) is 0 Å². The van der Waals surface area contributed by atoms with Crippen LogP contribution in [0.4, 0.5) is 5.69 Å². The first kappa shape index (κ1) is 19.3. The van der Waals surface area contributed by atoms with Crippen LogP contribution in [0.5, 0.6) is 5.75 Å². The highest BCUT2D eigenvalue weighted by atomic mass is 32.2. The highest BCUT2D eigenvalue weighted by Crippen LogP contribution is 2.38. The first-order valence-corrected chi connectivity index (χ1v) is 9.57. The number of nitrogens with one attached hydrogen (secondary N) is 1. The number of hydrogen-bond donors (Lipinski definition) is 2. The fourth-order valence-corrected chi connectivity index (χ4v) is 4.12. The number of benzene rings is 2. The maximum absolute atomic E-state index is 11.2. The molecular weight excluding hydrogens is 394 g/mol. The van der Waals surface area contributed by atoms with E-state index in [0.29, 0.717) is 26.8 Å². The number of hydrogen-bond acceptors (Lipinski definition) is 7. The summed E-state index contributed by atoms with van der Waals surface area (Å²) >= 11 is 2.54. The van der Waals surface area contributed by atoms with Crippen molar-refractivity contribution in [2.75, 3.05) is 11.8 Å². The van der Waals surface area contributed by atoms with Crippen molar-refractivity contribution in [3.63, 3.8) is 0 Å². The second kappa shape index (κ2) is 8.49. The molecule has 0 atom stereocenters. The lowest BCUT2D eigenvalue weighted by atomic mass is 10.1. The Kier molecular flexibility index (Phi) is 5.85. The number of aromatic carboxylic acids is 1. The van der Waals surface area contributed by atoms with E-state index in [-0.39, 0.29) is 5.56 Å². The van der Waals surface area contributed by atoms with Gasteiger partial charge in [0.05, 0.1) is 34.9 Å². The predicted molar refractivity (Wildman–Crippen MR) is 109 cm³/mol. The SMILES string of the molecule is COc1ccc(C(=O)O)cc1SNc1cc(C#N)ccc1-c1ccc(C#N)s1. The Labute approximate surface area is 169 Å². The van der Waals surface area contributed by atoms with Crippen LogP contribution in [-0.4, -0.2) is 18.2 Å². The van der Waals surface area contributed by atoms with Crippen molar-refractivity contribution in [2.45, 2.75) is 4.90 Å². The van der Waals surface area contributed by atoms with Gasteiger partial charge in [-0.3, -0.25) is 0 Å². The van der Waals surface area contributed by atoms with Gasteiger partial charge < -0.3 is 14.6 Å². The molecule has 138 valence electrons. The van der Waals surface area contributed by atoms with E-state index >= 15 is 0 Å². The van der Waals surface area contributed by atoms with Crippen molar-refractivity contribution < 1.29 is 14.6 Å². The number of nitrogens with zero attached hydrogens (tertiary/aromatic N) is 2. The molecule has 0 saturated heterocycles. The molecule has 0 spiro atoms. The Morgan fingerprint density at radius 3 is 2.61 bits per heavy atom. The number of carboxylic acid groups (broad SMARTS) is 1. The van der Waals surface area contributed by atoms with Crippen LogP contribution in [0.1, 0.15) is 20.8 Å². The number of thiophene rings is 1. The third kappa shape index (κ3) is 4.09. The Hall–Kier alpha value is -3.46. The summed E-state index contributed by atoms with van der Waals surface area (Å²) in [4.78, 5) is 13.3. The van der Waals surface area contributed by atoms with E-state index in [1.807, 2.05) is 12.1 Å². The van der Waals surface area contributed by atoms with Crippen LogP contribution >= 0.6 is 23.3 Å². The van der Waals surface area contributed by atoms with Crippen LogP contribution in [0, 0.1) is 22.7 Å². The fraction of sp³-hybridized carbons (Fsp3) is 0.0500. The van der Waals surface area contributed by atoms with E-state index < -0.39 is 5.97 Å². The summed E-state index contributed by atoms with van der Waals surface area (Å²) in [5.41, 5.74) is 2.15. The van der Waals surface area contributed by atoms with Gasteiger partial charge in [0.25, 0.3) is 0 Å². The van der Waals surface area contributed by atoms with Gasteiger partial charge in [-0.05, 0) is 54.4 Å². The summed E-state index contributed by atoms with van der Waals surface area (Å²) in [5.74, 6) is -0.498. The number of nitriles is 2. The molecule has 2 aromatic carbocycles. The third-order valence-electron chi connectivity index (χ3n) is 3.81. The lowest BCUT2D eigenvalue weighted by Crippen LogP contribution is -1.99. The van der Waals surface area contributed by atoms with Crippen LogP contribution in [-0.2, 0) is 0 Å². The van der Waals surface area contributed by atoms with Crippen LogP contribution in [0.2, 0.25) is 0 Å². The Balaban J connectivity index is 1.96. The van der Waals surface area contributed by atoms with E-state index in [2.05, 4.69) is 16.9 Å². The molecule has 1 heterocycles. The van der Waals surface area contributed by atoms with E-state index in [1.165, 1.54) is 42.5 Å². The summed E-state index contributed by atoms with van der Waals surface area (Å²) in [6.45, 7) is 0. The molecule has 3 rings (SSSR count). The molecule has 6 nitrogen and oxygen atoms in total. The van der Waals surface area contributed by atoms with Gasteiger partial charge in [-0.1, -0.05) is 6.07 Å². The van der Waals surface area contributed by atoms with Crippen molar-refractivity contribution >= 4 is 34.9 Å². The van der Waals surface area contributed by atoms with Crippen LogP contribution in [0.15, 0.2) is 53.4 Å². The summed E-state index contributed by atoms with van der Waals surface area (Å²) in [7, 11) is 1.51. The molecule has 28 heavy (non-hydrogen) atoms. The zero-order chi connectivity index (χ0) is 20.1. The van der Waals surface area contributed by atoms with Crippen molar-refractivity contribution in [1.29, 1.82) is 10.5 Å². The van der Waals surface area contributed by atoms with Gasteiger partial charge >= 0.3 is 5.97 Å². The van der Waals surface area contributed by atoms with Gasteiger partial charge in [0.1, 0.15) is 16.7 Å². The van der Waals surface area contributed by atoms with E-state index in [0.717, 1.165) is 10.4 Å². The first-order chi connectivity index (χ1) is 13.5. The maximum atomic E-state index is 11.2. The molecule has 8 heteroatoms. The van der Waals surface area contributed by atoms with Crippen LogP contribution < -0.4 is 9.46 Å². The summed E-state index contributed by atoms with van der Waals surface area (Å²) in [5, 5.41) is 27.5. The number of carbonyl (C=O) groups is 1. The third-order valence-corrected chi connectivity index (χ3v) is 5.70. The number of carboxylic acids is 1. The quantitative estimate of drug-likeness (QED) is 0.555. The Morgan fingerprint density at radius 1 is 1.14 bits per heavy atom. The standard InChI is InChI=1S/C20H13N3O3S2/c1-26-17-6-3-13(20(24)25)9-19(17)28-23-16-8-12(10-21)2-5-15(16)18-7-4-14(11-22)27-18/h2-9,23H,1H3,(H,24,25). The van der Waals surface area contributed by atoms with Gasteiger partial charge in [-0.2, -0.15) is 10.5 Å². The molecule has 0 amide bonds. The zero-order valence-corrected chi connectivity index (χ0v) is 16.2. The van der Waals surface area contributed by atoms with Gasteiger partial charge in [0, 0.05) is 10.4 Å². The van der Waals surface area contributed by atoms with Gasteiger partial charge in [-0.15, -0.1) is 11.3 Å². The van der Waals surface area contributed by atoms with Crippen molar-refractivity contribution in [2.24, 2.45) is 0 Å². The van der Waals surface area contributed by atoms with E-state index in [1.54, 1.807) is 24.3 Å². The molecule has 1 aromatic heterocycles. The molecule has 2 N–H and O–H groups in total. The largest absolute Gasteiger partial charge is 0.496 e. The second-order valence-corrected chi connectivity index (χ2v) is 7.45. The number of anilines is 1. The average Bonchev–Trinajstić information content (AvgIpc) is 3.20. The Bertz CT molecular complexity index is 1130. The van der Waals surface area contributed by atoms with Crippen molar-refractivity contribution in [3.05, 3.63) is 64.5 Å². The van der Waals surface area contributed by atoms with Gasteiger partial charge in [0.2, 0.25) is 0 Å². The molecule has 0 bridgehead atoms. The number of rotatable bonds is 6. The predicted octanol–water partition coefficient (Wildman–Crippen LogP) is 4.98. The molecular formula is C20H13N3O3S2. The molecule has 0 fully saturated rings. The highest BCUT2D eigenvalue weighted by molar-refractivity contribution is 8.00. The number of ether oxygens (including phenoxy) is 1. The normalized spacial score (nSPS) is 9.96. The molecule has 0 aliphatic heterocycles. The summed E-state index contributed by atoms with van der Waals surface area (Å²) in [6.07, 6.45) is 0. The molecule has 0 radical (unpaired) electrons. The van der Waals surface area contributed by atoms with Crippen LogP contribution in [0.25, 0.3) is 10.4 Å². The maximum Gasteiger partial charge on any atom is 0.335 e. The molecule has 0 aliphatic carbocycles. The summed E-state index contributed by atoms with van der Waals surface area (Å²) in [6, 6.07) is 17.7. The summed E-state index contributed by atoms with van der Waals surface area (Å²) < 4.78 is 8.49. The topological polar surface area (TPSA) is 106 Å². The average molecular weight is 407 g/mol. The lowest BCUT2D eigenvalue weighted by Gasteiger charge is -2.13. The van der Waals surface area contributed by atoms with Crippen molar-refractivity contribution in [3.8, 4) is 28.3 Å². The van der Waals surface area contributed by atoms with Crippen LogP contribution in [0.3, 0.4) is 0 Å². The minimum absolute atomic E-state index is 0.146. The highest BCUT2D eigenvalue weighted by Gasteiger charge is 2.13. The monoisotopic (exact) mass is 407 g/mol. The molecule has 0 saturated carbocycles. The van der Waals surface area contributed by atoms with E-state index in [4.69, 9.17) is 10.00 Å². The van der Waals surface area contributed by atoms with E-state index in [9.17, 15) is 15.2 Å².